The highest BCUT2D eigenvalue weighted by Gasteiger charge is 2.19. The number of nitrogens with zero attached hydrogens (tertiary/aromatic N) is 3. The quantitative estimate of drug-likeness (QED) is 0.728. The maximum atomic E-state index is 10.9. The number of carbonyl (C=O) groups is 1. The van der Waals surface area contributed by atoms with E-state index in [1.54, 1.807) is 12.4 Å². The van der Waals surface area contributed by atoms with Crippen LogP contribution in [0.1, 0.15) is 24.7 Å². The average Bonchev–Trinajstić information content (AvgIpc) is 3.07. The standard InChI is InChI=1S/C17H23N5O3/c1-2-24-15-7-12(3-5-14(15)25-10-16(18)23)8-19-13-4-6-17-20-11-21-22(17)9-13/h3,5,7,11,13,19H,2,4,6,8-10H2,1H3,(H2,18,23)/t13-/m1/s1. The van der Waals surface area contributed by atoms with Crippen molar-refractivity contribution in [3.8, 4) is 11.5 Å². The molecule has 8 nitrogen and oxygen atoms in total. The van der Waals surface area contributed by atoms with Crippen LogP contribution in [0.5, 0.6) is 11.5 Å². The predicted octanol–water partition coefficient (Wildman–Crippen LogP) is 0.646. The lowest BCUT2D eigenvalue weighted by molar-refractivity contribution is -0.119. The predicted molar refractivity (Wildman–Crippen MR) is 91.3 cm³/mol. The Balaban J connectivity index is 1.60. The van der Waals surface area contributed by atoms with Gasteiger partial charge < -0.3 is 20.5 Å². The fraction of sp³-hybridized carbons (Fsp3) is 0.471. The molecule has 0 saturated carbocycles. The fourth-order valence-corrected chi connectivity index (χ4v) is 2.87. The molecule has 0 bridgehead atoms. The molecule has 0 spiro atoms. The first-order valence-electron chi connectivity index (χ1n) is 8.42. The molecule has 1 aromatic heterocycles. The number of primary amides is 1. The second-order valence-corrected chi connectivity index (χ2v) is 5.94. The molecule has 1 aliphatic rings. The Bertz CT molecular complexity index is 731. The zero-order valence-corrected chi connectivity index (χ0v) is 14.3. The van der Waals surface area contributed by atoms with E-state index in [0.29, 0.717) is 30.7 Å². The Morgan fingerprint density at radius 3 is 3.08 bits per heavy atom. The molecule has 0 fully saturated rings. The van der Waals surface area contributed by atoms with E-state index >= 15 is 0 Å². The van der Waals surface area contributed by atoms with Crippen molar-refractivity contribution < 1.29 is 14.3 Å². The molecule has 2 aromatic rings. The molecule has 25 heavy (non-hydrogen) atoms. The molecule has 0 saturated heterocycles. The number of aromatic nitrogens is 3. The Labute approximate surface area is 146 Å². The summed E-state index contributed by atoms with van der Waals surface area (Å²) >= 11 is 0. The summed E-state index contributed by atoms with van der Waals surface area (Å²) in [6, 6.07) is 6.04. The van der Waals surface area contributed by atoms with Crippen molar-refractivity contribution >= 4 is 5.91 Å². The third-order valence-electron chi connectivity index (χ3n) is 4.08. The van der Waals surface area contributed by atoms with Crippen LogP contribution in [-0.4, -0.2) is 39.9 Å². The number of ether oxygens (including phenoxy) is 2. The number of amides is 1. The SMILES string of the molecule is CCOc1cc(CN[C@@H]2CCc3ncnn3C2)ccc1OCC(N)=O. The number of hydrogen-bond donors (Lipinski definition) is 2. The maximum Gasteiger partial charge on any atom is 0.255 e. The number of nitrogens with two attached hydrogens (primary N) is 1. The van der Waals surface area contributed by atoms with Gasteiger partial charge in [-0.3, -0.25) is 4.79 Å². The van der Waals surface area contributed by atoms with Crippen molar-refractivity contribution in [1.29, 1.82) is 0 Å². The Morgan fingerprint density at radius 2 is 2.28 bits per heavy atom. The van der Waals surface area contributed by atoms with Crippen LogP contribution in [0.2, 0.25) is 0 Å². The van der Waals surface area contributed by atoms with Gasteiger partial charge in [-0.25, -0.2) is 9.67 Å². The number of aryl methyl sites for hydroxylation is 1. The molecule has 134 valence electrons. The first-order valence-corrected chi connectivity index (χ1v) is 8.42. The van der Waals surface area contributed by atoms with Crippen molar-refractivity contribution in [2.45, 2.75) is 38.9 Å². The van der Waals surface area contributed by atoms with Gasteiger partial charge in [-0.05, 0) is 31.0 Å². The van der Waals surface area contributed by atoms with Gasteiger partial charge in [0, 0.05) is 19.0 Å². The minimum absolute atomic E-state index is 0.167. The molecule has 8 heteroatoms. The molecule has 1 amide bonds. The fourth-order valence-electron chi connectivity index (χ4n) is 2.87. The summed E-state index contributed by atoms with van der Waals surface area (Å²) < 4.78 is 13.0. The lowest BCUT2D eigenvalue weighted by atomic mass is 10.1. The maximum absolute atomic E-state index is 10.9. The number of carbonyl (C=O) groups excluding carboxylic acids is 1. The van der Waals surface area contributed by atoms with Crippen LogP contribution in [0.4, 0.5) is 0 Å². The van der Waals surface area contributed by atoms with Gasteiger partial charge in [-0.15, -0.1) is 0 Å². The van der Waals surface area contributed by atoms with E-state index in [2.05, 4.69) is 15.4 Å². The van der Waals surface area contributed by atoms with Crippen LogP contribution in [0.15, 0.2) is 24.5 Å². The molecule has 0 radical (unpaired) electrons. The van der Waals surface area contributed by atoms with Crippen LogP contribution in [0.25, 0.3) is 0 Å². The summed E-state index contributed by atoms with van der Waals surface area (Å²) in [5, 5.41) is 7.79. The van der Waals surface area contributed by atoms with Gasteiger partial charge in [-0.1, -0.05) is 6.07 Å². The zero-order valence-electron chi connectivity index (χ0n) is 14.3. The van der Waals surface area contributed by atoms with Gasteiger partial charge in [0.2, 0.25) is 0 Å². The van der Waals surface area contributed by atoms with Crippen LogP contribution >= 0.6 is 0 Å². The third-order valence-corrected chi connectivity index (χ3v) is 4.08. The third kappa shape index (κ3) is 4.48. The summed E-state index contributed by atoms with van der Waals surface area (Å²) in [5.74, 6) is 1.67. The van der Waals surface area contributed by atoms with Gasteiger partial charge in [0.05, 0.1) is 13.2 Å². The topological polar surface area (TPSA) is 104 Å². The average molecular weight is 345 g/mol. The van der Waals surface area contributed by atoms with Gasteiger partial charge in [0.25, 0.3) is 5.91 Å². The molecular weight excluding hydrogens is 322 g/mol. The monoisotopic (exact) mass is 345 g/mol. The second-order valence-electron chi connectivity index (χ2n) is 5.94. The molecule has 3 N–H and O–H groups in total. The van der Waals surface area contributed by atoms with Gasteiger partial charge in [0.1, 0.15) is 12.2 Å². The van der Waals surface area contributed by atoms with Crippen LogP contribution < -0.4 is 20.5 Å². The number of hydrogen-bond acceptors (Lipinski definition) is 6. The molecule has 3 rings (SSSR count). The van der Waals surface area contributed by atoms with Crippen LogP contribution in [0.3, 0.4) is 0 Å². The van der Waals surface area contributed by atoms with Crippen LogP contribution in [0, 0.1) is 0 Å². The molecule has 1 aromatic carbocycles. The van der Waals surface area contributed by atoms with E-state index in [1.165, 1.54) is 0 Å². The Kier molecular flexibility index (Phi) is 5.49. The van der Waals surface area contributed by atoms with Crippen LogP contribution in [-0.2, 0) is 24.3 Å². The lowest BCUT2D eigenvalue weighted by Crippen LogP contribution is -2.37. The van der Waals surface area contributed by atoms with Crippen molar-refractivity contribution in [3.05, 3.63) is 35.9 Å². The largest absolute Gasteiger partial charge is 0.490 e. The summed E-state index contributed by atoms with van der Waals surface area (Å²) in [6.07, 6.45) is 3.58. The van der Waals surface area contributed by atoms with Gasteiger partial charge in [-0.2, -0.15) is 5.10 Å². The van der Waals surface area contributed by atoms with Crippen molar-refractivity contribution in [2.24, 2.45) is 5.73 Å². The second kappa shape index (κ2) is 7.98. The molecule has 2 heterocycles. The highest BCUT2D eigenvalue weighted by Crippen LogP contribution is 2.28. The lowest BCUT2D eigenvalue weighted by Gasteiger charge is -2.24. The van der Waals surface area contributed by atoms with Crippen molar-refractivity contribution in [1.82, 2.24) is 20.1 Å². The number of benzene rings is 1. The van der Waals surface area contributed by atoms with Gasteiger partial charge >= 0.3 is 0 Å². The summed E-state index contributed by atoms with van der Waals surface area (Å²) in [7, 11) is 0. The number of fused-ring (bicyclic) bond motifs is 1. The van der Waals surface area contributed by atoms with Crippen molar-refractivity contribution in [2.75, 3.05) is 13.2 Å². The first-order chi connectivity index (χ1) is 12.2. The minimum atomic E-state index is -0.516. The Hall–Kier alpha value is -2.61. The summed E-state index contributed by atoms with van der Waals surface area (Å²) in [5.41, 5.74) is 6.21. The van der Waals surface area contributed by atoms with E-state index in [4.69, 9.17) is 15.2 Å². The number of nitrogens with one attached hydrogen (secondary N) is 1. The normalized spacial score (nSPS) is 16.3. The summed E-state index contributed by atoms with van der Waals surface area (Å²) in [4.78, 5) is 15.1. The molecular formula is C17H23N5O3. The van der Waals surface area contributed by atoms with E-state index in [9.17, 15) is 4.79 Å². The van der Waals surface area contributed by atoms with E-state index in [-0.39, 0.29) is 6.61 Å². The molecule has 1 atom stereocenters. The highest BCUT2D eigenvalue weighted by molar-refractivity contribution is 5.75. The van der Waals surface area contributed by atoms with E-state index < -0.39 is 5.91 Å². The number of rotatable bonds is 8. The minimum Gasteiger partial charge on any atom is -0.490 e. The van der Waals surface area contributed by atoms with E-state index in [0.717, 1.165) is 30.8 Å². The molecule has 1 aliphatic heterocycles. The highest BCUT2D eigenvalue weighted by atomic mass is 16.5. The molecule has 0 unspecified atom stereocenters. The zero-order chi connectivity index (χ0) is 17.6. The van der Waals surface area contributed by atoms with Crippen molar-refractivity contribution in [3.63, 3.8) is 0 Å². The smallest absolute Gasteiger partial charge is 0.255 e. The Morgan fingerprint density at radius 1 is 1.40 bits per heavy atom. The molecule has 0 aliphatic carbocycles. The van der Waals surface area contributed by atoms with E-state index in [1.807, 2.05) is 23.7 Å². The first kappa shape index (κ1) is 17.2. The van der Waals surface area contributed by atoms with Gasteiger partial charge in [0.15, 0.2) is 18.1 Å². The summed E-state index contributed by atoms with van der Waals surface area (Å²) in [6.45, 7) is 3.79.